The van der Waals surface area contributed by atoms with E-state index in [0.717, 1.165) is 31.5 Å². The van der Waals surface area contributed by atoms with Gasteiger partial charge in [-0.1, -0.05) is 25.4 Å². The molecule has 1 heterocycles. The van der Waals surface area contributed by atoms with Gasteiger partial charge in [-0.05, 0) is 62.7 Å². The van der Waals surface area contributed by atoms with Crippen molar-refractivity contribution in [1.82, 2.24) is 4.90 Å². The van der Waals surface area contributed by atoms with Gasteiger partial charge in [-0.3, -0.25) is 9.62 Å². The SMILES string of the molecule is CCCN(CCC)C1COc2c(S(=O)(=O)Nc3cc(Cl)ccc3OC)ccc(OC)c2C1. The van der Waals surface area contributed by atoms with Crippen molar-refractivity contribution in [3.8, 4) is 17.2 Å². The highest BCUT2D eigenvalue weighted by Gasteiger charge is 2.32. The predicted octanol–water partition coefficient (Wildman–Crippen LogP) is 4.58. The molecular formula is C23H31ClN2O5S. The van der Waals surface area contributed by atoms with Gasteiger partial charge in [0.1, 0.15) is 28.8 Å². The molecule has 0 aromatic heterocycles. The van der Waals surface area contributed by atoms with E-state index in [2.05, 4.69) is 23.5 Å². The number of sulfonamides is 1. The van der Waals surface area contributed by atoms with E-state index in [4.69, 9.17) is 25.8 Å². The Balaban J connectivity index is 1.98. The summed E-state index contributed by atoms with van der Waals surface area (Å²) in [7, 11) is -0.918. The highest BCUT2D eigenvalue weighted by atomic mass is 35.5. The van der Waals surface area contributed by atoms with Gasteiger partial charge in [0.15, 0.2) is 0 Å². The fourth-order valence-corrected chi connectivity index (χ4v) is 5.47. The van der Waals surface area contributed by atoms with Crippen LogP contribution in [0.25, 0.3) is 0 Å². The number of benzene rings is 2. The monoisotopic (exact) mass is 482 g/mol. The molecule has 9 heteroatoms. The zero-order valence-electron chi connectivity index (χ0n) is 19.0. The molecule has 1 aliphatic rings. The van der Waals surface area contributed by atoms with Crippen molar-refractivity contribution in [2.45, 2.75) is 44.0 Å². The first kappa shape index (κ1) is 24.5. The number of hydrogen-bond donors (Lipinski definition) is 1. The third-order valence-corrected chi connectivity index (χ3v) is 7.12. The number of rotatable bonds is 10. The molecule has 0 amide bonds. The van der Waals surface area contributed by atoms with Crippen LogP contribution in [0.5, 0.6) is 17.2 Å². The highest BCUT2D eigenvalue weighted by Crippen LogP contribution is 2.40. The maximum atomic E-state index is 13.3. The zero-order valence-corrected chi connectivity index (χ0v) is 20.6. The molecule has 32 heavy (non-hydrogen) atoms. The molecule has 1 unspecified atom stereocenters. The van der Waals surface area contributed by atoms with Gasteiger partial charge in [0.25, 0.3) is 10.0 Å². The second kappa shape index (κ2) is 10.6. The van der Waals surface area contributed by atoms with E-state index in [1.807, 2.05) is 0 Å². The van der Waals surface area contributed by atoms with Crippen molar-refractivity contribution < 1.29 is 22.6 Å². The van der Waals surface area contributed by atoms with Crippen LogP contribution in [0, 0.1) is 0 Å². The Hall–Kier alpha value is -2.16. The average molecular weight is 483 g/mol. The van der Waals surface area contributed by atoms with Crippen LogP contribution in [0.1, 0.15) is 32.3 Å². The van der Waals surface area contributed by atoms with Crippen molar-refractivity contribution in [2.24, 2.45) is 0 Å². The van der Waals surface area contributed by atoms with Crippen LogP contribution in [0.2, 0.25) is 5.02 Å². The van der Waals surface area contributed by atoms with Crippen LogP contribution in [0.15, 0.2) is 35.2 Å². The summed E-state index contributed by atoms with van der Waals surface area (Å²) in [5.74, 6) is 1.33. The molecule has 1 N–H and O–H groups in total. The van der Waals surface area contributed by atoms with Gasteiger partial charge in [-0.25, -0.2) is 8.42 Å². The first-order chi connectivity index (χ1) is 15.3. The van der Waals surface area contributed by atoms with E-state index in [-0.39, 0.29) is 16.6 Å². The molecule has 0 radical (unpaired) electrons. The number of halogens is 1. The largest absolute Gasteiger partial charge is 0.496 e. The number of nitrogens with zero attached hydrogens (tertiary/aromatic N) is 1. The summed E-state index contributed by atoms with van der Waals surface area (Å²) in [5.41, 5.74) is 1.03. The van der Waals surface area contributed by atoms with Crippen LogP contribution in [0.3, 0.4) is 0 Å². The van der Waals surface area contributed by atoms with Gasteiger partial charge in [-0.15, -0.1) is 0 Å². The minimum Gasteiger partial charge on any atom is -0.496 e. The maximum absolute atomic E-state index is 13.3. The second-order valence-corrected chi connectivity index (χ2v) is 9.82. The minimum atomic E-state index is -3.97. The molecule has 0 saturated heterocycles. The van der Waals surface area contributed by atoms with Crippen molar-refractivity contribution in [2.75, 3.05) is 38.6 Å². The third-order valence-electron chi connectivity index (χ3n) is 5.49. The topological polar surface area (TPSA) is 77.1 Å². The Morgan fingerprint density at radius 2 is 1.75 bits per heavy atom. The molecule has 0 aliphatic carbocycles. The van der Waals surface area contributed by atoms with E-state index in [9.17, 15) is 8.42 Å². The van der Waals surface area contributed by atoms with E-state index < -0.39 is 10.0 Å². The lowest BCUT2D eigenvalue weighted by molar-refractivity contribution is 0.115. The van der Waals surface area contributed by atoms with E-state index in [1.165, 1.54) is 19.2 Å². The first-order valence-corrected chi connectivity index (χ1v) is 12.6. The number of hydrogen-bond acceptors (Lipinski definition) is 6. The molecule has 2 aromatic carbocycles. The van der Waals surface area contributed by atoms with Crippen LogP contribution in [0.4, 0.5) is 5.69 Å². The van der Waals surface area contributed by atoms with E-state index in [1.54, 1.807) is 25.3 Å². The fraction of sp³-hybridized carbons (Fsp3) is 0.478. The first-order valence-electron chi connectivity index (χ1n) is 10.8. The smallest absolute Gasteiger partial charge is 0.265 e. The lowest BCUT2D eigenvalue weighted by atomic mass is 10.00. The van der Waals surface area contributed by atoms with Crippen LogP contribution < -0.4 is 18.9 Å². The summed E-state index contributed by atoms with van der Waals surface area (Å²) in [6.45, 7) is 6.66. The summed E-state index contributed by atoms with van der Waals surface area (Å²) in [4.78, 5) is 2.46. The van der Waals surface area contributed by atoms with Gasteiger partial charge < -0.3 is 14.2 Å². The lowest BCUT2D eigenvalue weighted by Crippen LogP contribution is -2.44. The van der Waals surface area contributed by atoms with Crippen molar-refractivity contribution in [3.05, 3.63) is 40.9 Å². The second-order valence-electron chi connectivity index (χ2n) is 7.73. The average Bonchev–Trinajstić information content (AvgIpc) is 2.77. The van der Waals surface area contributed by atoms with E-state index in [0.29, 0.717) is 35.3 Å². The molecular weight excluding hydrogens is 452 g/mol. The van der Waals surface area contributed by atoms with Crippen LogP contribution in [-0.4, -0.2) is 53.3 Å². The molecule has 0 bridgehead atoms. The predicted molar refractivity (Wildman–Crippen MR) is 127 cm³/mol. The molecule has 176 valence electrons. The van der Waals surface area contributed by atoms with Gasteiger partial charge in [-0.2, -0.15) is 0 Å². The summed E-state index contributed by atoms with van der Waals surface area (Å²) in [5, 5.41) is 0.395. The van der Waals surface area contributed by atoms with Gasteiger partial charge >= 0.3 is 0 Å². The van der Waals surface area contributed by atoms with Crippen molar-refractivity contribution >= 4 is 27.3 Å². The summed E-state index contributed by atoms with van der Waals surface area (Å²) < 4.78 is 46.2. The summed E-state index contributed by atoms with van der Waals surface area (Å²) >= 11 is 6.06. The number of anilines is 1. The molecule has 3 rings (SSSR count). The van der Waals surface area contributed by atoms with Crippen molar-refractivity contribution in [1.29, 1.82) is 0 Å². The Bertz CT molecular complexity index is 1040. The Morgan fingerprint density at radius 3 is 2.38 bits per heavy atom. The molecule has 2 aromatic rings. The molecule has 7 nitrogen and oxygen atoms in total. The number of methoxy groups -OCH3 is 2. The van der Waals surface area contributed by atoms with Crippen molar-refractivity contribution in [3.63, 3.8) is 0 Å². The van der Waals surface area contributed by atoms with Gasteiger partial charge in [0.2, 0.25) is 0 Å². The minimum absolute atomic E-state index is 0.0614. The van der Waals surface area contributed by atoms with Gasteiger partial charge in [0.05, 0.1) is 19.9 Å². The Morgan fingerprint density at radius 1 is 1.09 bits per heavy atom. The summed E-state index contributed by atoms with van der Waals surface area (Å²) in [6.07, 6.45) is 2.74. The third kappa shape index (κ3) is 5.24. The van der Waals surface area contributed by atoms with Crippen LogP contribution >= 0.6 is 11.6 Å². The Kier molecular flexibility index (Phi) is 8.14. The number of nitrogens with one attached hydrogen (secondary N) is 1. The van der Waals surface area contributed by atoms with Gasteiger partial charge in [0, 0.05) is 16.6 Å². The molecule has 0 saturated carbocycles. The normalized spacial score (nSPS) is 15.8. The zero-order chi connectivity index (χ0) is 23.3. The molecule has 0 fully saturated rings. The Labute approximate surface area is 195 Å². The van der Waals surface area contributed by atoms with E-state index >= 15 is 0 Å². The molecule has 1 atom stereocenters. The highest BCUT2D eigenvalue weighted by molar-refractivity contribution is 7.92. The standard InChI is InChI=1S/C23H31ClN2O5S/c1-5-11-26(12-6-2)17-14-18-20(29-3)9-10-22(23(18)31-15-17)32(27,28)25-19-13-16(24)7-8-21(19)30-4/h7-10,13,17,25H,5-6,11-12,14-15H2,1-4H3. The molecule has 1 aliphatic heterocycles. The van der Waals surface area contributed by atoms with Crippen LogP contribution in [-0.2, 0) is 16.4 Å². The fourth-order valence-electron chi connectivity index (χ4n) is 4.06. The summed E-state index contributed by atoms with van der Waals surface area (Å²) in [6, 6.07) is 8.11. The quantitative estimate of drug-likeness (QED) is 0.534. The lowest BCUT2D eigenvalue weighted by Gasteiger charge is -2.36. The number of fused-ring (bicyclic) bond motifs is 1. The molecule has 0 spiro atoms. The number of ether oxygens (including phenoxy) is 3. The maximum Gasteiger partial charge on any atom is 0.265 e.